The lowest BCUT2D eigenvalue weighted by molar-refractivity contribution is -0.122. The molecular weight excluding hydrogens is 287 g/mol. The quantitative estimate of drug-likeness (QED) is 0.860. The molecule has 0 spiro atoms. The normalized spacial score (nSPS) is 15.2. The summed E-state index contributed by atoms with van der Waals surface area (Å²) in [7, 11) is 0. The van der Waals surface area contributed by atoms with Gasteiger partial charge in [0, 0.05) is 31.9 Å². The van der Waals surface area contributed by atoms with E-state index in [2.05, 4.69) is 15.6 Å². The number of carbonyl (C=O) groups is 1. The van der Waals surface area contributed by atoms with E-state index in [9.17, 15) is 4.79 Å². The zero-order valence-electron chi connectivity index (χ0n) is 10.9. The van der Waals surface area contributed by atoms with Crippen molar-refractivity contribution in [2.75, 3.05) is 19.6 Å². The van der Waals surface area contributed by atoms with Gasteiger partial charge in [-0.05, 0) is 31.8 Å². The van der Waals surface area contributed by atoms with Crippen LogP contribution in [0.1, 0.15) is 19.3 Å². The second-order valence-corrected chi connectivity index (χ2v) is 4.55. The van der Waals surface area contributed by atoms with Gasteiger partial charge in [-0.1, -0.05) is 0 Å². The molecule has 0 radical (unpaired) electrons. The van der Waals surface area contributed by atoms with Gasteiger partial charge in [-0.2, -0.15) is 0 Å². The van der Waals surface area contributed by atoms with Gasteiger partial charge >= 0.3 is 0 Å². The Kier molecular flexibility index (Phi) is 9.65. The van der Waals surface area contributed by atoms with Crippen LogP contribution < -0.4 is 10.6 Å². The predicted molar refractivity (Wildman–Crippen MR) is 79.9 cm³/mol. The smallest absolute Gasteiger partial charge is 0.220 e. The van der Waals surface area contributed by atoms with E-state index in [4.69, 9.17) is 0 Å². The van der Waals surface area contributed by atoms with Gasteiger partial charge < -0.3 is 15.2 Å². The number of hydrogen-bond acceptors (Lipinski definition) is 3. The van der Waals surface area contributed by atoms with Gasteiger partial charge in [-0.25, -0.2) is 4.98 Å². The zero-order chi connectivity index (χ0) is 11.9. The average Bonchev–Trinajstić information content (AvgIpc) is 2.83. The highest BCUT2D eigenvalue weighted by Gasteiger charge is 2.16. The number of rotatable bonds is 5. The predicted octanol–water partition coefficient (Wildman–Crippen LogP) is 1.23. The highest BCUT2D eigenvalue weighted by atomic mass is 35.5. The monoisotopic (exact) mass is 308 g/mol. The van der Waals surface area contributed by atoms with Gasteiger partial charge in [0.1, 0.15) is 0 Å². The summed E-state index contributed by atoms with van der Waals surface area (Å²) in [4.78, 5) is 15.6. The first-order valence-corrected chi connectivity index (χ1v) is 6.28. The maximum absolute atomic E-state index is 11.7. The minimum absolute atomic E-state index is 0. The molecule has 1 aliphatic heterocycles. The van der Waals surface area contributed by atoms with E-state index in [1.54, 1.807) is 12.5 Å². The maximum Gasteiger partial charge on any atom is 0.220 e. The Labute approximate surface area is 126 Å². The second-order valence-electron chi connectivity index (χ2n) is 4.55. The zero-order valence-corrected chi connectivity index (χ0v) is 12.5. The van der Waals surface area contributed by atoms with Crippen LogP contribution >= 0.6 is 24.8 Å². The number of nitrogens with zero attached hydrogens (tertiary/aromatic N) is 2. The number of carbonyl (C=O) groups excluding carboxylic acids is 1. The first-order chi connectivity index (χ1) is 8.34. The van der Waals surface area contributed by atoms with E-state index in [1.165, 1.54) is 0 Å². The van der Waals surface area contributed by atoms with E-state index in [-0.39, 0.29) is 30.7 Å². The van der Waals surface area contributed by atoms with Crippen LogP contribution in [0.5, 0.6) is 0 Å². The molecular formula is C12H22Cl2N4O. The second kappa shape index (κ2) is 10.1. The molecule has 0 aliphatic carbocycles. The van der Waals surface area contributed by atoms with Crippen molar-refractivity contribution in [3.8, 4) is 0 Å². The molecule has 1 aromatic rings. The van der Waals surface area contributed by atoms with Crippen molar-refractivity contribution in [3.05, 3.63) is 18.7 Å². The first-order valence-electron chi connectivity index (χ1n) is 6.28. The lowest BCUT2D eigenvalue weighted by Crippen LogP contribution is -2.33. The Bertz CT molecular complexity index is 340. The van der Waals surface area contributed by atoms with Gasteiger partial charge in [0.05, 0.1) is 6.33 Å². The number of imidazole rings is 1. The Morgan fingerprint density at radius 2 is 2.11 bits per heavy atom. The molecule has 1 saturated heterocycles. The third kappa shape index (κ3) is 6.80. The van der Waals surface area contributed by atoms with Crippen molar-refractivity contribution in [1.82, 2.24) is 20.2 Å². The molecule has 1 amide bonds. The van der Waals surface area contributed by atoms with Gasteiger partial charge in [0.25, 0.3) is 0 Å². The number of aromatic nitrogens is 2. The van der Waals surface area contributed by atoms with Crippen molar-refractivity contribution in [2.45, 2.75) is 25.8 Å². The molecule has 7 heteroatoms. The molecule has 0 bridgehead atoms. The van der Waals surface area contributed by atoms with E-state index in [1.807, 2.05) is 10.8 Å². The highest BCUT2D eigenvalue weighted by molar-refractivity contribution is 5.85. The first kappa shape index (κ1) is 18.2. The van der Waals surface area contributed by atoms with Crippen LogP contribution in [0.4, 0.5) is 0 Å². The summed E-state index contributed by atoms with van der Waals surface area (Å²) < 4.78 is 1.96. The number of halogens is 2. The Morgan fingerprint density at radius 1 is 1.37 bits per heavy atom. The van der Waals surface area contributed by atoms with E-state index >= 15 is 0 Å². The molecule has 110 valence electrons. The fourth-order valence-corrected chi connectivity index (χ4v) is 2.16. The lowest BCUT2D eigenvalue weighted by Gasteiger charge is -2.21. The van der Waals surface area contributed by atoms with Crippen molar-refractivity contribution >= 4 is 30.7 Å². The third-order valence-electron chi connectivity index (χ3n) is 3.18. The number of amides is 1. The Morgan fingerprint density at radius 3 is 2.74 bits per heavy atom. The number of hydrogen-bond donors (Lipinski definition) is 2. The SMILES string of the molecule is Cl.Cl.O=C(CC1CCNCC1)NCCn1ccnc1. The van der Waals surface area contributed by atoms with E-state index < -0.39 is 0 Å². The van der Waals surface area contributed by atoms with Crippen LogP contribution in [0, 0.1) is 5.92 Å². The molecule has 0 aromatic carbocycles. The summed E-state index contributed by atoms with van der Waals surface area (Å²) in [6, 6.07) is 0. The molecule has 2 heterocycles. The van der Waals surface area contributed by atoms with Gasteiger partial charge in [0.15, 0.2) is 0 Å². The minimum atomic E-state index is 0. The maximum atomic E-state index is 11.7. The third-order valence-corrected chi connectivity index (χ3v) is 3.18. The van der Waals surface area contributed by atoms with Crippen LogP contribution in [0.25, 0.3) is 0 Å². The van der Waals surface area contributed by atoms with Crippen LogP contribution in [-0.4, -0.2) is 35.1 Å². The van der Waals surface area contributed by atoms with Gasteiger partial charge in [0.2, 0.25) is 5.91 Å². The summed E-state index contributed by atoms with van der Waals surface area (Å²) in [5.74, 6) is 0.738. The molecule has 0 saturated carbocycles. The molecule has 2 N–H and O–H groups in total. The van der Waals surface area contributed by atoms with Crippen LogP contribution in [0.15, 0.2) is 18.7 Å². The fourth-order valence-electron chi connectivity index (χ4n) is 2.16. The molecule has 19 heavy (non-hydrogen) atoms. The number of piperidine rings is 1. The van der Waals surface area contributed by atoms with Gasteiger partial charge in [-0.15, -0.1) is 24.8 Å². The number of nitrogens with one attached hydrogen (secondary N) is 2. The van der Waals surface area contributed by atoms with E-state index in [0.717, 1.165) is 32.5 Å². The molecule has 1 aromatic heterocycles. The lowest BCUT2D eigenvalue weighted by atomic mass is 9.94. The van der Waals surface area contributed by atoms with Crippen molar-refractivity contribution < 1.29 is 4.79 Å². The summed E-state index contributed by atoms with van der Waals surface area (Å²) in [5.41, 5.74) is 0. The van der Waals surface area contributed by atoms with Crippen LogP contribution in [-0.2, 0) is 11.3 Å². The van der Waals surface area contributed by atoms with Crippen molar-refractivity contribution in [1.29, 1.82) is 0 Å². The van der Waals surface area contributed by atoms with Crippen LogP contribution in [0.3, 0.4) is 0 Å². The average molecular weight is 309 g/mol. The summed E-state index contributed by atoms with van der Waals surface area (Å²) >= 11 is 0. The largest absolute Gasteiger partial charge is 0.354 e. The summed E-state index contributed by atoms with van der Waals surface area (Å²) in [5, 5.41) is 6.27. The molecule has 0 atom stereocenters. The Hall–Kier alpha value is -0.780. The molecule has 2 rings (SSSR count). The fraction of sp³-hybridized carbons (Fsp3) is 0.667. The molecule has 1 fully saturated rings. The summed E-state index contributed by atoms with van der Waals surface area (Å²) in [6.45, 7) is 3.57. The molecule has 0 unspecified atom stereocenters. The van der Waals surface area contributed by atoms with Crippen molar-refractivity contribution in [2.24, 2.45) is 5.92 Å². The van der Waals surface area contributed by atoms with E-state index in [0.29, 0.717) is 18.9 Å². The standard InChI is InChI=1S/C12H20N4O.2ClH/c17-12(9-11-1-3-13-4-2-11)15-6-8-16-7-5-14-10-16;;/h5,7,10-11,13H,1-4,6,8-9H2,(H,15,17);2*1H. The topological polar surface area (TPSA) is 59.0 Å². The minimum Gasteiger partial charge on any atom is -0.354 e. The highest BCUT2D eigenvalue weighted by Crippen LogP contribution is 2.15. The molecule has 5 nitrogen and oxygen atoms in total. The van der Waals surface area contributed by atoms with Crippen molar-refractivity contribution in [3.63, 3.8) is 0 Å². The van der Waals surface area contributed by atoms with Crippen LogP contribution in [0.2, 0.25) is 0 Å². The summed E-state index contributed by atoms with van der Waals surface area (Å²) in [6.07, 6.45) is 8.32. The molecule has 1 aliphatic rings. The van der Waals surface area contributed by atoms with Gasteiger partial charge in [-0.3, -0.25) is 4.79 Å². The Balaban J connectivity index is 0.00000162.